The molecule has 2 aromatic carbocycles. The zero-order chi connectivity index (χ0) is 20.8. The number of halogens is 4. The number of aryl methyl sites for hydroxylation is 1. The SMILES string of the molecule is Cc1ccc2c(c1)C[C@@H](OC(=S)n1ccnc1)[C@@H]2c1ccc(C(F)(F)F)cc1Cl. The third kappa shape index (κ3) is 3.89. The number of hydrogen-bond acceptors (Lipinski definition) is 3. The van der Waals surface area contributed by atoms with E-state index < -0.39 is 17.8 Å². The Balaban J connectivity index is 1.74. The zero-order valence-electron chi connectivity index (χ0n) is 15.3. The topological polar surface area (TPSA) is 27.1 Å². The standard InChI is InChI=1S/C21H16ClF3N2OS/c1-12-2-4-15-13(8-12)9-18(28-20(29)27-7-6-26-11-27)19(15)16-5-3-14(10-17(16)22)21(23,24)25/h2-8,10-11,18-19H,9H2,1H3/t18-,19+/m1/s1. The molecule has 150 valence electrons. The molecule has 0 saturated heterocycles. The lowest BCUT2D eigenvalue weighted by molar-refractivity contribution is -0.137. The third-order valence-corrected chi connectivity index (χ3v) is 5.69. The van der Waals surface area contributed by atoms with E-state index in [9.17, 15) is 13.2 Å². The molecule has 29 heavy (non-hydrogen) atoms. The third-order valence-electron chi connectivity index (χ3n) is 5.06. The van der Waals surface area contributed by atoms with Crippen LogP contribution >= 0.6 is 23.8 Å². The highest BCUT2D eigenvalue weighted by molar-refractivity contribution is 7.80. The molecule has 0 radical (unpaired) electrons. The number of imidazole rings is 1. The molecule has 0 unspecified atom stereocenters. The van der Waals surface area contributed by atoms with Gasteiger partial charge in [-0.25, -0.2) is 4.98 Å². The van der Waals surface area contributed by atoms with E-state index in [0.717, 1.165) is 28.8 Å². The van der Waals surface area contributed by atoms with Crippen molar-refractivity contribution in [1.29, 1.82) is 0 Å². The van der Waals surface area contributed by atoms with Gasteiger partial charge in [0.1, 0.15) is 12.4 Å². The number of aromatic nitrogens is 2. The Morgan fingerprint density at radius 3 is 2.62 bits per heavy atom. The van der Waals surface area contributed by atoms with Crippen LogP contribution < -0.4 is 0 Å². The summed E-state index contributed by atoms with van der Waals surface area (Å²) in [5.41, 5.74) is 2.96. The number of benzene rings is 2. The Morgan fingerprint density at radius 2 is 1.97 bits per heavy atom. The fourth-order valence-corrected chi connectivity index (χ4v) is 4.27. The van der Waals surface area contributed by atoms with Gasteiger partial charge in [0.15, 0.2) is 0 Å². The summed E-state index contributed by atoms with van der Waals surface area (Å²) in [6.45, 7) is 1.99. The van der Waals surface area contributed by atoms with Crippen molar-refractivity contribution in [1.82, 2.24) is 9.55 Å². The maximum Gasteiger partial charge on any atom is 0.416 e. The summed E-state index contributed by atoms with van der Waals surface area (Å²) in [5.74, 6) is -0.332. The number of rotatable bonds is 2. The summed E-state index contributed by atoms with van der Waals surface area (Å²) >= 11 is 11.7. The van der Waals surface area contributed by atoms with Crippen LogP contribution in [-0.2, 0) is 17.3 Å². The van der Waals surface area contributed by atoms with Crippen LogP contribution in [0.4, 0.5) is 13.2 Å². The van der Waals surface area contributed by atoms with E-state index in [-0.39, 0.29) is 16.1 Å². The highest BCUT2D eigenvalue weighted by Gasteiger charge is 2.38. The number of fused-ring (bicyclic) bond motifs is 1. The quantitative estimate of drug-likeness (QED) is 0.477. The molecule has 1 aliphatic carbocycles. The van der Waals surface area contributed by atoms with E-state index in [2.05, 4.69) is 11.1 Å². The van der Waals surface area contributed by atoms with Crippen molar-refractivity contribution in [3.63, 3.8) is 0 Å². The molecule has 0 spiro atoms. The summed E-state index contributed by atoms with van der Waals surface area (Å²) in [7, 11) is 0. The van der Waals surface area contributed by atoms with E-state index >= 15 is 0 Å². The Kier molecular flexibility index (Phi) is 5.12. The first-order chi connectivity index (χ1) is 13.7. The van der Waals surface area contributed by atoms with E-state index in [1.54, 1.807) is 17.0 Å². The molecule has 0 saturated carbocycles. The first kappa shape index (κ1) is 19.9. The second kappa shape index (κ2) is 7.46. The van der Waals surface area contributed by atoms with Crippen LogP contribution in [0.2, 0.25) is 5.02 Å². The Labute approximate surface area is 176 Å². The van der Waals surface area contributed by atoms with Gasteiger partial charge in [-0.1, -0.05) is 41.4 Å². The summed E-state index contributed by atoms with van der Waals surface area (Å²) < 4.78 is 46.8. The smallest absolute Gasteiger partial charge is 0.416 e. The van der Waals surface area contributed by atoms with Crippen molar-refractivity contribution >= 4 is 29.0 Å². The van der Waals surface area contributed by atoms with Crippen LogP contribution in [0.5, 0.6) is 0 Å². The average molecular weight is 437 g/mol. The van der Waals surface area contributed by atoms with Gasteiger partial charge in [-0.15, -0.1) is 0 Å². The van der Waals surface area contributed by atoms with Gasteiger partial charge in [0.25, 0.3) is 5.17 Å². The van der Waals surface area contributed by atoms with Gasteiger partial charge in [0.05, 0.1) is 5.56 Å². The van der Waals surface area contributed by atoms with Gasteiger partial charge in [0, 0.05) is 29.8 Å². The van der Waals surface area contributed by atoms with E-state index in [1.807, 2.05) is 19.1 Å². The van der Waals surface area contributed by atoms with Gasteiger partial charge < -0.3 is 4.74 Å². The number of ether oxygens (including phenoxy) is 1. The second-order valence-corrected chi connectivity index (χ2v) is 7.77. The molecule has 3 nitrogen and oxygen atoms in total. The maximum atomic E-state index is 13.1. The van der Waals surface area contributed by atoms with Crippen molar-refractivity contribution < 1.29 is 17.9 Å². The van der Waals surface area contributed by atoms with E-state index in [1.165, 1.54) is 12.4 Å². The number of thiocarbonyl (C=S) groups is 1. The molecule has 8 heteroatoms. The number of alkyl halides is 3. The molecule has 1 aromatic heterocycles. The summed E-state index contributed by atoms with van der Waals surface area (Å²) in [6, 6.07) is 9.46. The monoisotopic (exact) mass is 436 g/mol. The van der Waals surface area contributed by atoms with Gasteiger partial charge >= 0.3 is 6.18 Å². The van der Waals surface area contributed by atoms with Crippen LogP contribution in [0, 0.1) is 6.92 Å². The predicted molar refractivity (Wildman–Crippen MR) is 108 cm³/mol. The molecule has 4 rings (SSSR count). The molecule has 0 N–H and O–H groups in total. The fraction of sp³-hybridized carbons (Fsp3) is 0.238. The molecular weight excluding hydrogens is 421 g/mol. The fourth-order valence-electron chi connectivity index (χ4n) is 3.74. The highest BCUT2D eigenvalue weighted by atomic mass is 35.5. The molecule has 3 aromatic rings. The lowest BCUT2D eigenvalue weighted by atomic mass is 9.90. The first-order valence-electron chi connectivity index (χ1n) is 8.89. The minimum atomic E-state index is -4.45. The normalized spacial score (nSPS) is 18.5. The Morgan fingerprint density at radius 1 is 1.21 bits per heavy atom. The molecule has 0 fully saturated rings. The van der Waals surface area contributed by atoms with E-state index in [0.29, 0.717) is 12.0 Å². The molecule has 1 heterocycles. The molecule has 0 aliphatic heterocycles. The minimum absolute atomic E-state index is 0.0559. The lowest BCUT2D eigenvalue weighted by Crippen LogP contribution is -2.26. The second-order valence-electron chi connectivity index (χ2n) is 7.01. The van der Waals surface area contributed by atoms with E-state index in [4.69, 9.17) is 28.6 Å². The Bertz CT molecular complexity index is 1070. The van der Waals surface area contributed by atoms with Crippen molar-refractivity contribution in [3.8, 4) is 0 Å². The van der Waals surface area contributed by atoms with Gasteiger partial charge in [0.2, 0.25) is 0 Å². The molecule has 0 bridgehead atoms. The summed E-state index contributed by atoms with van der Waals surface area (Å²) in [6.07, 6.45) is 0.534. The van der Waals surface area contributed by atoms with Gasteiger partial charge in [-0.05, 0) is 48.0 Å². The van der Waals surface area contributed by atoms with Crippen molar-refractivity contribution in [2.45, 2.75) is 31.5 Å². The number of nitrogens with zero attached hydrogens (tertiary/aromatic N) is 2. The van der Waals surface area contributed by atoms with Crippen molar-refractivity contribution in [3.05, 3.63) is 88.0 Å². The largest absolute Gasteiger partial charge is 0.466 e. The van der Waals surface area contributed by atoms with Crippen LogP contribution in [0.15, 0.2) is 55.1 Å². The van der Waals surface area contributed by atoms with Crippen molar-refractivity contribution in [2.24, 2.45) is 0 Å². The van der Waals surface area contributed by atoms with Crippen LogP contribution in [0.3, 0.4) is 0 Å². The average Bonchev–Trinajstić information content (AvgIpc) is 3.28. The Hall–Kier alpha value is -2.38. The predicted octanol–water partition coefficient (Wildman–Crippen LogP) is 5.77. The lowest BCUT2D eigenvalue weighted by Gasteiger charge is -2.24. The summed E-state index contributed by atoms with van der Waals surface area (Å²) in [5, 5.41) is 0.283. The maximum absolute atomic E-state index is 13.1. The summed E-state index contributed by atoms with van der Waals surface area (Å²) in [4.78, 5) is 3.96. The molecule has 2 atom stereocenters. The van der Waals surface area contributed by atoms with Gasteiger partial charge in [-0.2, -0.15) is 13.2 Å². The van der Waals surface area contributed by atoms with Crippen LogP contribution in [0.1, 0.15) is 33.7 Å². The van der Waals surface area contributed by atoms with Gasteiger partial charge in [-0.3, -0.25) is 4.57 Å². The highest BCUT2D eigenvalue weighted by Crippen LogP contribution is 2.44. The van der Waals surface area contributed by atoms with Crippen LogP contribution in [-0.4, -0.2) is 20.8 Å². The first-order valence-corrected chi connectivity index (χ1v) is 9.67. The number of hydrogen-bond donors (Lipinski definition) is 0. The van der Waals surface area contributed by atoms with Crippen LogP contribution in [0.25, 0.3) is 0 Å². The molecule has 0 amide bonds. The van der Waals surface area contributed by atoms with Crippen molar-refractivity contribution in [2.75, 3.05) is 0 Å². The molecule has 1 aliphatic rings. The molecular formula is C21H16ClF3N2OS. The minimum Gasteiger partial charge on any atom is -0.466 e. The zero-order valence-corrected chi connectivity index (χ0v) is 16.9.